The lowest BCUT2D eigenvalue weighted by Crippen LogP contribution is -2.52. The van der Waals surface area contributed by atoms with Crippen LogP contribution in [-0.4, -0.2) is 37.9 Å². The Kier molecular flexibility index (Phi) is 3.14. The zero-order chi connectivity index (χ0) is 11.7. The Bertz CT molecular complexity index is 301. The third-order valence-electron chi connectivity index (χ3n) is 3.35. The first-order valence-corrected chi connectivity index (χ1v) is 5.48. The Hall–Kier alpha value is -1.10. The van der Waals surface area contributed by atoms with Gasteiger partial charge in [-0.15, -0.1) is 0 Å². The number of hydrogen-bond acceptors (Lipinski definition) is 5. The number of esters is 2. The van der Waals surface area contributed by atoms with Gasteiger partial charge in [-0.3, -0.25) is 9.59 Å². The van der Waals surface area contributed by atoms with Crippen molar-refractivity contribution in [2.24, 2.45) is 11.8 Å². The SMILES string of the molecule is COC(=O)C1CC2OCC1CC2OC(C)=O. The summed E-state index contributed by atoms with van der Waals surface area (Å²) in [5.41, 5.74) is 0. The van der Waals surface area contributed by atoms with Gasteiger partial charge < -0.3 is 14.2 Å². The van der Waals surface area contributed by atoms with Crippen molar-refractivity contribution in [1.82, 2.24) is 0 Å². The summed E-state index contributed by atoms with van der Waals surface area (Å²) >= 11 is 0. The first-order chi connectivity index (χ1) is 7.61. The Morgan fingerprint density at radius 2 is 2.06 bits per heavy atom. The summed E-state index contributed by atoms with van der Waals surface area (Å²) in [6.45, 7) is 1.95. The highest BCUT2D eigenvalue weighted by atomic mass is 16.6. The molecule has 0 amide bonds. The lowest BCUT2D eigenvalue weighted by atomic mass is 9.74. The van der Waals surface area contributed by atoms with E-state index < -0.39 is 0 Å². The third kappa shape index (κ3) is 2.04. The zero-order valence-corrected chi connectivity index (χ0v) is 9.47. The molecule has 2 heterocycles. The normalized spacial score (nSPS) is 36.9. The molecule has 0 radical (unpaired) electrons. The fourth-order valence-corrected chi connectivity index (χ4v) is 2.59. The van der Waals surface area contributed by atoms with Crippen LogP contribution in [0.5, 0.6) is 0 Å². The average molecular weight is 228 g/mol. The molecule has 2 saturated heterocycles. The van der Waals surface area contributed by atoms with Gasteiger partial charge in [-0.2, -0.15) is 0 Å². The largest absolute Gasteiger partial charge is 0.469 e. The molecule has 4 atom stereocenters. The van der Waals surface area contributed by atoms with Gasteiger partial charge >= 0.3 is 11.9 Å². The number of carbonyl (C=O) groups is 2. The lowest BCUT2D eigenvalue weighted by molar-refractivity contribution is -0.195. The van der Waals surface area contributed by atoms with Crippen LogP contribution in [0.15, 0.2) is 0 Å². The molecule has 0 aromatic carbocycles. The maximum Gasteiger partial charge on any atom is 0.309 e. The van der Waals surface area contributed by atoms with Gasteiger partial charge in [0.2, 0.25) is 0 Å². The Morgan fingerprint density at radius 1 is 1.31 bits per heavy atom. The van der Waals surface area contributed by atoms with Crippen molar-refractivity contribution < 1.29 is 23.8 Å². The van der Waals surface area contributed by atoms with Crippen LogP contribution in [0.4, 0.5) is 0 Å². The molecule has 1 aliphatic carbocycles. The molecule has 2 bridgehead atoms. The van der Waals surface area contributed by atoms with E-state index >= 15 is 0 Å². The number of rotatable bonds is 2. The second kappa shape index (κ2) is 4.41. The summed E-state index contributed by atoms with van der Waals surface area (Å²) in [5.74, 6) is -0.465. The molecular formula is C11H16O5. The summed E-state index contributed by atoms with van der Waals surface area (Å²) in [6.07, 6.45) is 0.939. The molecule has 0 N–H and O–H groups in total. The second-order valence-electron chi connectivity index (χ2n) is 4.38. The van der Waals surface area contributed by atoms with E-state index in [-0.39, 0.29) is 36.0 Å². The highest BCUT2D eigenvalue weighted by Crippen LogP contribution is 2.39. The molecule has 0 spiro atoms. The van der Waals surface area contributed by atoms with Crippen molar-refractivity contribution >= 4 is 11.9 Å². The van der Waals surface area contributed by atoms with Crippen LogP contribution in [0.1, 0.15) is 19.8 Å². The summed E-state index contributed by atoms with van der Waals surface area (Å²) in [4.78, 5) is 22.4. The van der Waals surface area contributed by atoms with Crippen molar-refractivity contribution in [2.45, 2.75) is 32.0 Å². The van der Waals surface area contributed by atoms with E-state index in [1.165, 1.54) is 14.0 Å². The summed E-state index contributed by atoms with van der Waals surface area (Å²) in [6, 6.07) is 0. The molecule has 16 heavy (non-hydrogen) atoms. The standard InChI is InChI=1S/C11H16O5/c1-6(12)16-10-3-7-5-15-9(10)4-8(7)11(13)14-2/h7-10H,3-5H2,1-2H3. The molecule has 3 aliphatic rings. The number of ether oxygens (including phenoxy) is 3. The van der Waals surface area contributed by atoms with Gasteiger partial charge in [0.25, 0.3) is 0 Å². The van der Waals surface area contributed by atoms with Gasteiger partial charge in [0.05, 0.1) is 25.7 Å². The van der Waals surface area contributed by atoms with Crippen molar-refractivity contribution in [1.29, 1.82) is 0 Å². The van der Waals surface area contributed by atoms with Gasteiger partial charge in [-0.25, -0.2) is 0 Å². The van der Waals surface area contributed by atoms with E-state index in [1.54, 1.807) is 0 Å². The number of fused-ring (bicyclic) bond motifs is 3. The molecule has 2 aliphatic heterocycles. The fraction of sp³-hybridized carbons (Fsp3) is 0.818. The molecule has 0 aromatic rings. The van der Waals surface area contributed by atoms with Crippen molar-refractivity contribution in [2.75, 3.05) is 13.7 Å². The molecular weight excluding hydrogens is 212 g/mol. The minimum Gasteiger partial charge on any atom is -0.469 e. The van der Waals surface area contributed by atoms with E-state index in [0.29, 0.717) is 19.4 Å². The number of hydrogen-bond donors (Lipinski definition) is 0. The molecule has 0 aromatic heterocycles. The second-order valence-corrected chi connectivity index (χ2v) is 4.38. The topological polar surface area (TPSA) is 61.8 Å². The lowest BCUT2D eigenvalue weighted by Gasteiger charge is -2.44. The minimum absolute atomic E-state index is 0.101. The van der Waals surface area contributed by atoms with Crippen LogP contribution in [-0.2, 0) is 23.8 Å². The molecule has 1 saturated carbocycles. The first kappa shape index (κ1) is 11.4. The highest BCUT2D eigenvalue weighted by Gasteiger charge is 2.47. The quantitative estimate of drug-likeness (QED) is 0.645. The maximum absolute atomic E-state index is 11.5. The van der Waals surface area contributed by atoms with Gasteiger partial charge in [0.1, 0.15) is 6.10 Å². The molecule has 4 unspecified atom stereocenters. The van der Waals surface area contributed by atoms with E-state index in [4.69, 9.17) is 14.2 Å². The smallest absolute Gasteiger partial charge is 0.309 e. The monoisotopic (exact) mass is 228 g/mol. The third-order valence-corrected chi connectivity index (χ3v) is 3.35. The minimum atomic E-state index is -0.296. The predicted molar refractivity (Wildman–Crippen MR) is 53.5 cm³/mol. The van der Waals surface area contributed by atoms with Crippen molar-refractivity contribution in [3.63, 3.8) is 0 Å². The fourth-order valence-electron chi connectivity index (χ4n) is 2.59. The van der Waals surface area contributed by atoms with E-state index in [1.807, 2.05) is 0 Å². The number of carbonyl (C=O) groups excluding carboxylic acids is 2. The Morgan fingerprint density at radius 3 is 2.56 bits per heavy atom. The van der Waals surface area contributed by atoms with Gasteiger partial charge in [0, 0.05) is 6.92 Å². The van der Waals surface area contributed by atoms with Gasteiger partial charge in [0.15, 0.2) is 0 Å². The van der Waals surface area contributed by atoms with Crippen molar-refractivity contribution in [3.05, 3.63) is 0 Å². The molecule has 5 nitrogen and oxygen atoms in total. The van der Waals surface area contributed by atoms with Crippen LogP contribution in [0.25, 0.3) is 0 Å². The first-order valence-electron chi connectivity index (χ1n) is 5.48. The van der Waals surface area contributed by atoms with E-state index in [2.05, 4.69) is 0 Å². The summed E-state index contributed by atoms with van der Waals surface area (Å²) < 4.78 is 15.5. The maximum atomic E-state index is 11.5. The van der Waals surface area contributed by atoms with Gasteiger partial charge in [-0.1, -0.05) is 0 Å². The Balaban J connectivity index is 2.01. The average Bonchev–Trinajstić information content (AvgIpc) is 2.28. The highest BCUT2D eigenvalue weighted by molar-refractivity contribution is 5.73. The molecule has 5 heteroatoms. The zero-order valence-electron chi connectivity index (χ0n) is 9.47. The van der Waals surface area contributed by atoms with Crippen LogP contribution in [0.2, 0.25) is 0 Å². The van der Waals surface area contributed by atoms with Crippen LogP contribution >= 0.6 is 0 Å². The van der Waals surface area contributed by atoms with Gasteiger partial charge in [-0.05, 0) is 18.8 Å². The summed E-state index contributed by atoms with van der Waals surface area (Å²) in [5, 5.41) is 0. The van der Waals surface area contributed by atoms with Crippen LogP contribution < -0.4 is 0 Å². The van der Waals surface area contributed by atoms with Crippen molar-refractivity contribution in [3.8, 4) is 0 Å². The molecule has 90 valence electrons. The molecule has 3 fully saturated rings. The van der Waals surface area contributed by atoms with E-state index in [9.17, 15) is 9.59 Å². The summed E-state index contributed by atoms with van der Waals surface area (Å²) in [7, 11) is 1.40. The Labute approximate surface area is 94.0 Å². The van der Waals surface area contributed by atoms with Crippen LogP contribution in [0, 0.1) is 11.8 Å². The van der Waals surface area contributed by atoms with E-state index in [0.717, 1.165) is 0 Å². The van der Waals surface area contributed by atoms with Crippen LogP contribution in [0.3, 0.4) is 0 Å². The predicted octanol–water partition coefficient (Wildman–Crippen LogP) is 0.516. The molecule has 3 rings (SSSR count). The number of methoxy groups -OCH3 is 1.